The number of guanidine groups is 1. The number of ether oxygens (including phenoxy) is 3. The molecule has 9 heteroatoms. The maximum atomic E-state index is 12.2. The lowest BCUT2D eigenvalue weighted by molar-refractivity contribution is -0.274. The Hall–Kier alpha value is -3.10. The molecule has 0 unspecified atom stereocenters. The second kappa shape index (κ2) is 10.4. The minimum absolute atomic E-state index is 0.180. The highest BCUT2D eigenvalue weighted by Crippen LogP contribution is 2.28. The Bertz CT molecular complexity index is 809. The highest BCUT2D eigenvalue weighted by Gasteiger charge is 2.30. The van der Waals surface area contributed by atoms with Gasteiger partial charge in [0, 0.05) is 12.2 Å². The Morgan fingerprint density at radius 2 is 1.83 bits per heavy atom. The first kappa shape index (κ1) is 22.2. The summed E-state index contributed by atoms with van der Waals surface area (Å²) in [7, 11) is 1.60. The number of nitrogens with zero attached hydrogens (tertiary/aromatic N) is 1. The minimum atomic E-state index is -4.72. The summed E-state index contributed by atoms with van der Waals surface area (Å²) in [6, 6.07) is 11.0. The van der Waals surface area contributed by atoms with E-state index in [2.05, 4.69) is 15.0 Å². The van der Waals surface area contributed by atoms with Crippen molar-refractivity contribution in [1.82, 2.24) is 0 Å². The number of aliphatic imine (C=N–C) groups is 1. The second-order valence-corrected chi connectivity index (χ2v) is 5.99. The maximum Gasteiger partial charge on any atom is 0.573 e. The molecule has 29 heavy (non-hydrogen) atoms. The molecule has 2 aromatic carbocycles. The zero-order valence-electron chi connectivity index (χ0n) is 16.3. The van der Waals surface area contributed by atoms with Crippen LogP contribution in [0.3, 0.4) is 0 Å². The Morgan fingerprint density at radius 3 is 2.45 bits per heavy atom. The average molecular weight is 411 g/mol. The third kappa shape index (κ3) is 7.81. The fourth-order valence-corrected chi connectivity index (χ4v) is 2.55. The number of nitrogens with two attached hydrogens (primary N) is 1. The van der Waals surface area contributed by atoms with Crippen LogP contribution in [-0.2, 0) is 6.42 Å². The van der Waals surface area contributed by atoms with Crippen LogP contribution in [0.4, 0.5) is 18.9 Å². The summed E-state index contributed by atoms with van der Waals surface area (Å²) in [5.74, 6) is 1.27. The third-order valence-electron chi connectivity index (χ3n) is 3.79. The highest BCUT2D eigenvalue weighted by atomic mass is 19.4. The van der Waals surface area contributed by atoms with E-state index < -0.39 is 6.36 Å². The van der Waals surface area contributed by atoms with Crippen LogP contribution in [-0.4, -0.2) is 32.6 Å². The molecule has 2 aromatic rings. The van der Waals surface area contributed by atoms with Gasteiger partial charge in [-0.25, -0.2) is 0 Å². The van der Waals surface area contributed by atoms with E-state index in [0.717, 1.165) is 18.4 Å². The lowest BCUT2D eigenvalue weighted by Crippen LogP contribution is -2.23. The number of aryl methyl sites for hydroxylation is 1. The summed E-state index contributed by atoms with van der Waals surface area (Å²) in [6.45, 7) is 2.95. The van der Waals surface area contributed by atoms with Crippen LogP contribution in [0.5, 0.6) is 17.2 Å². The van der Waals surface area contributed by atoms with E-state index in [1.165, 1.54) is 24.3 Å². The van der Waals surface area contributed by atoms with Crippen LogP contribution in [0.2, 0.25) is 0 Å². The van der Waals surface area contributed by atoms with Crippen molar-refractivity contribution in [2.45, 2.75) is 26.1 Å². The molecule has 0 aliphatic carbocycles. The molecule has 0 bridgehead atoms. The van der Waals surface area contributed by atoms with E-state index >= 15 is 0 Å². The fraction of sp³-hybridized carbons (Fsp3) is 0.350. The predicted molar refractivity (Wildman–Crippen MR) is 106 cm³/mol. The SMILES string of the molecule is CCOc1cc(CCCN=C(N)Nc2ccc(OC(F)(F)F)cc2)ccc1OC. The first-order chi connectivity index (χ1) is 13.8. The van der Waals surface area contributed by atoms with Crippen LogP contribution in [0.15, 0.2) is 47.5 Å². The van der Waals surface area contributed by atoms with Crippen molar-refractivity contribution in [2.24, 2.45) is 10.7 Å². The van der Waals surface area contributed by atoms with E-state index in [1.807, 2.05) is 25.1 Å². The summed E-state index contributed by atoms with van der Waals surface area (Å²) >= 11 is 0. The standard InChI is InChI=1S/C20H24F3N3O3/c1-3-28-18-13-14(6-11-17(18)27-2)5-4-12-25-19(24)26-15-7-9-16(10-8-15)29-20(21,22)23/h6-11,13H,3-5,12H2,1-2H3,(H3,24,25,26). The zero-order valence-corrected chi connectivity index (χ0v) is 16.3. The van der Waals surface area contributed by atoms with Crippen LogP contribution < -0.4 is 25.3 Å². The van der Waals surface area contributed by atoms with Crippen molar-refractivity contribution >= 4 is 11.6 Å². The Morgan fingerprint density at radius 1 is 1.10 bits per heavy atom. The highest BCUT2D eigenvalue weighted by molar-refractivity contribution is 5.92. The second-order valence-electron chi connectivity index (χ2n) is 5.99. The average Bonchev–Trinajstić information content (AvgIpc) is 2.66. The van der Waals surface area contributed by atoms with Crippen molar-refractivity contribution in [1.29, 1.82) is 0 Å². The Labute approximate surface area is 167 Å². The summed E-state index contributed by atoms with van der Waals surface area (Å²) in [4.78, 5) is 4.22. The summed E-state index contributed by atoms with van der Waals surface area (Å²) in [5.41, 5.74) is 7.42. The van der Waals surface area contributed by atoms with Crippen LogP contribution in [0.25, 0.3) is 0 Å². The first-order valence-corrected chi connectivity index (χ1v) is 9.03. The molecule has 0 radical (unpaired) electrons. The quantitative estimate of drug-likeness (QED) is 0.364. The van der Waals surface area contributed by atoms with Crippen molar-refractivity contribution in [2.75, 3.05) is 25.6 Å². The van der Waals surface area contributed by atoms with Crippen molar-refractivity contribution in [3.05, 3.63) is 48.0 Å². The smallest absolute Gasteiger partial charge is 0.493 e. The molecule has 0 aliphatic heterocycles. The van der Waals surface area contributed by atoms with Crippen molar-refractivity contribution in [3.63, 3.8) is 0 Å². The van der Waals surface area contributed by atoms with Crippen LogP contribution >= 0.6 is 0 Å². The van der Waals surface area contributed by atoms with Gasteiger partial charge in [-0.1, -0.05) is 6.07 Å². The van der Waals surface area contributed by atoms with Gasteiger partial charge in [0.2, 0.25) is 0 Å². The molecule has 0 aliphatic rings. The van der Waals surface area contributed by atoms with E-state index in [-0.39, 0.29) is 11.7 Å². The third-order valence-corrected chi connectivity index (χ3v) is 3.79. The molecule has 0 saturated carbocycles. The first-order valence-electron chi connectivity index (χ1n) is 9.03. The van der Waals surface area contributed by atoms with Gasteiger partial charge in [0.1, 0.15) is 5.75 Å². The molecule has 0 atom stereocenters. The van der Waals surface area contributed by atoms with Crippen molar-refractivity contribution in [3.8, 4) is 17.2 Å². The largest absolute Gasteiger partial charge is 0.573 e. The number of anilines is 1. The number of methoxy groups -OCH3 is 1. The van der Waals surface area contributed by atoms with E-state index in [4.69, 9.17) is 15.2 Å². The molecule has 0 amide bonds. The molecule has 158 valence electrons. The van der Waals surface area contributed by atoms with Crippen LogP contribution in [0.1, 0.15) is 18.9 Å². The number of rotatable bonds is 9. The number of hydrogen-bond donors (Lipinski definition) is 2. The van der Waals surface area contributed by atoms with E-state index in [1.54, 1.807) is 7.11 Å². The lowest BCUT2D eigenvalue weighted by Gasteiger charge is -2.11. The number of hydrogen-bond acceptors (Lipinski definition) is 4. The normalized spacial score (nSPS) is 11.8. The monoisotopic (exact) mass is 411 g/mol. The minimum Gasteiger partial charge on any atom is -0.493 e. The zero-order chi connectivity index (χ0) is 21.3. The van der Waals surface area contributed by atoms with Gasteiger partial charge in [-0.05, 0) is 61.7 Å². The molecular formula is C20H24F3N3O3. The Kier molecular flexibility index (Phi) is 7.99. The predicted octanol–water partition coefficient (Wildman–Crippen LogP) is 4.35. The van der Waals surface area contributed by atoms with Crippen LogP contribution in [0, 0.1) is 0 Å². The fourth-order valence-electron chi connectivity index (χ4n) is 2.55. The van der Waals surface area contributed by atoms with Gasteiger partial charge in [-0.15, -0.1) is 13.2 Å². The Balaban J connectivity index is 1.82. The van der Waals surface area contributed by atoms with E-state index in [0.29, 0.717) is 30.3 Å². The lowest BCUT2D eigenvalue weighted by atomic mass is 10.1. The number of benzene rings is 2. The molecular weight excluding hydrogens is 387 g/mol. The molecule has 0 heterocycles. The topological polar surface area (TPSA) is 78.1 Å². The van der Waals surface area contributed by atoms with Gasteiger partial charge in [0.05, 0.1) is 13.7 Å². The van der Waals surface area contributed by atoms with E-state index in [9.17, 15) is 13.2 Å². The van der Waals surface area contributed by atoms with Gasteiger partial charge in [0.15, 0.2) is 17.5 Å². The summed E-state index contributed by atoms with van der Waals surface area (Å²) < 4.78 is 51.1. The molecule has 3 N–H and O–H groups in total. The number of alkyl halides is 3. The van der Waals surface area contributed by atoms with Crippen molar-refractivity contribution < 1.29 is 27.4 Å². The summed E-state index contributed by atoms with van der Waals surface area (Å²) in [6.07, 6.45) is -3.17. The van der Waals surface area contributed by atoms with Gasteiger partial charge in [-0.2, -0.15) is 0 Å². The molecule has 0 saturated heterocycles. The molecule has 2 rings (SSSR count). The molecule has 0 fully saturated rings. The van der Waals surface area contributed by atoms with Gasteiger partial charge in [0.25, 0.3) is 0 Å². The number of nitrogens with one attached hydrogen (secondary N) is 1. The summed E-state index contributed by atoms with van der Waals surface area (Å²) in [5, 5.41) is 2.83. The molecule has 0 spiro atoms. The molecule has 6 nitrogen and oxygen atoms in total. The molecule has 0 aromatic heterocycles. The van der Waals surface area contributed by atoms with Gasteiger partial charge in [-0.3, -0.25) is 4.99 Å². The number of halogens is 3. The maximum absolute atomic E-state index is 12.2. The van der Waals surface area contributed by atoms with Gasteiger partial charge >= 0.3 is 6.36 Å². The van der Waals surface area contributed by atoms with Gasteiger partial charge < -0.3 is 25.3 Å².